The van der Waals surface area contributed by atoms with Crippen molar-refractivity contribution in [3.63, 3.8) is 0 Å². The summed E-state index contributed by atoms with van der Waals surface area (Å²) in [7, 11) is 1.82. The number of nitrogens with zero attached hydrogens (tertiary/aromatic N) is 3. The van der Waals surface area contributed by atoms with E-state index in [4.69, 9.17) is 0 Å². The minimum absolute atomic E-state index is 0.0737. The van der Waals surface area contributed by atoms with Crippen molar-refractivity contribution < 1.29 is 9.18 Å². The van der Waals surface area contributed by atoms with Crippen LogP contribution in [0.2, 0.25) is 0 Å². The first-order valence-electron chi connectivity index (χ1n) is 8.14. The van der Waals surface area contributed by atoms with E-state index in [0.717, 1.165) is 44.3 Å². The molecule has 1 aliphatic heterocycles. The Bertz CT molecular complexity index is 665. The molecule has 2 heterocycles. The highest BCUT2D eigenvalue weighted by Gasteiger charge is 2.24. The van der Waals surface area contributed by atoms with Crippen LogP contribution in [-0.2, 0) is 13.5 Å². The maximum atomic E-state index is 12.9. The fourth-order valence-electron chi connectivity index (χ4n) is 3.22. The van der Waals surface area contributed by atoms with Crippen molar-refractivity contribution in [3.8, 4) is 0 Å². The average Bonchev–Trinajstić information content (AvgIpc) is 3.00. The Labute approximate surface area is 135 Å². The lowest BCUT2D eigenvalue weighted by Crippen LogP contribution is -2.40. The van der Waals surface area contributed by atoms with Gasteiger partial charge in [0, 0.05) is 26.3 Å². The number of piperidine rings is 1. The van der Waals surface area contributed by atoms with Gasteiger partial charge in [-0.05, 0) is 49.3 Å². The SMILES string of the molecule is Cn1cc(C(=O)N2CCC[C@H](CCc3ccc(F)cc3)C2)cn1. The Morgan fingerprint density at radius 1 is 1.35 bits per heavy atom. The van der Waals surface area contributed by atoms with E-state index in [9.17, 15) is 9.18 Å². The molecule has 1 saturated heterocycles. The molecule has 0 saturated carbocycles. The Hall–Kier alpha value is -2.17. The molecule has 0 radical (unpaired) electrons. The van der Waals surface area contributed by atoms with Crippen molar-refractivity contribution in [3.05, 3.63) is 53.6 Å². The summed E-state index contributed by atoms with van der Waals surface area (Å²) in [5, 5.41) is 4.07. The van der Waals surface area contributed by atoms with E-state index in [1.165, 1.54) is 12.1 Å². The van der Waals surface area contributed by atoms with E-state index < -0.39 is 0 Å². The third-order valence-corrected chi connectivity index (χ3v) is 4.51. The van der Waals surface area contributed by atoms with Crippen LogP contribution in [0, 0.1) is 11.7 Å². The van der Waals surface area contributed by atoms with Gasteiger partial charge in [-0.15, -0.1) is 0 Å². The van der Waals surface area contributed by atoms with Crippen LogP contribution in [0.3, 0.4) is 0 Å². The zero-order valence-corrected chi connectivity index (χ0v) is 13.4. The predicted molar refractivity (Wildman–Crippen MR) is 86.6 cm³/mol. The van der Waals surface area contributed by atoms with E-state index >= 15 is 0 Å². The predicted octanol–water partition coefficient (Wildman–Crippen LogP) is 3.04. The highest BCUT2D eigenvalue weighted by Crippen LogP contribution is 2.23. The number of halogens is 1. The van der Waals surface area contributed by atoms with Crippen molar-refractivity contribution >= 4 is 5.91 Å². The molecule has 1 aliphatic rings. The number of rotatable bonds is 4. The molecule has 4 nitrogen and oxygen atoms in total. The summed E-state index contributed by atoms with van der Waals surface area (Å²) < 4.78 is 14.6. The zero-order valence-electron chi connectivity index (χ0n) is 13.4. The summed E-state index contributed by atoms with van der Waals surface area (Å²) in [5.74, 6) is 0.388. The van der Waals surface area contributed by atoms with Gasteiger partial charge in [0.2, 0.25) is 0 Å². The molecule has 0 unspecified atom stereocenters. The number of aromatic nitrogens is 2. The van der Waals surface area contributed by atoms with Crippen LogP contribution in [0.25, 0.3) is 0 Å². The Morgan fingerprint density at radius 3 is 2.83 bits per heavy atom. The first kappa shape index (κ1) is 15.7. The molecule has 1 aromatic heterocycles. The van der Waals surface area contributed by atoms with E-state index in [2.05, 4.69) is 5.10 Å². The maximum Gasteiger partial charge on any atom is 0.257 e. The third-order valence-electron chi connectivity index (χ3n) is 4.51. The summed E-state index contributed by atoms with van der Waals surface area (Å²) in [6.45, 7) is 1.62. The van der Waals surface area contributed by atoms with Gasteiger partial charge in [0.15, 0.2) is 0 Å². The number of hydrogen-bond donors (Lipinski definition) is 0. The van der Waals surface area contributed by atoms with Crippen LogP contribution in [0.4, 0.5) is 4.39 Å². The molecule has 1 atom stereocenters. The first-order valence-corrected chi connectivity index (χ1v) is 8.14. The van der Waals surface area contributed by atoms with Gasteiger partial charge in [0.1, 0.15) is 5.82 Å². The van der Waals surface area contributed by atoms with Crippen LogP contribution in [0.15, 0.2) is 36.7 Å². The van der Waals surface area contributed by atoms with Gasteiger partial charge in [-0.2, -0.15) is 5.10 Å². The number of hydrogen-bond acceptors (Lipinski definition) is 2. The second kappa shape index (κ2) is 6.94. The van der Waals surface area contributed by atoms with E-state index in [-0.39, 0.29) is 11.7 Å². The van der Waals surface area contributed by atoms with Crippen molar-refractivity contribution in [2.75, 3.05) is 13.1 Å². The number of carbonyl (C=O) groups is 1. The monoisotopic (exact) mass is 315 g/mol. The second-order valence-corrected chi connectivity index (χ2v) is 6.33. The molecule has 1 aromatic carbocycles. The molecular weight excluding hydrogens is 293 g/mol. The zero-order chi connectivity index (χ0) is 16.2. The lowest BCUT2D eigenvalue weighted by Gasteiger charge is -2.32. The van der Waals surface area contributed by atoms with E-state index in [1.54, 1.807) is 17.1 Å². The van der Waals surface area contributed by atoms with Crippen LogP contribution in [-0.4, -0.2) is 33.7 Å². The number of likely N-dealkylation sites (tertiary alicyclic amines) is 1. The second-order valence-electron chi connectivity index (χ2n) is 6.33. The van der Waals surface area contributed by atoms with Crippen molar-refractivity contribution in [2.45, 2.75) is 25.7 Å². The molecule has 3 rings (SSSR count). The summed E-state index contributed by atoms with van der Waals surface area (Å²) in [5.41, 5.74) is 1.81. The molecule has 5 heteroatoms. The average molecular weight is 315 g/mol. The molecule has 23 heavy (non-hydrogen) atoms. The Kier molecular flexibility index (Phi) is 4.74. The van der Waals surface area contributed by atoms with E-state index in [1.807, 2.05) is 24.1 Å². The molecule has 1 amide bonds. The summed E-state index contributed by atoms with van der Waals surface area (Å²) in [4.78, 5) is 14.4. The highest BCUT2D eigenvalue weighted by atomic mass is 19.1. The summed E-state index contributed by atoms with van der Waals surface area (Å²) in [6, 6.07) is 6.70. The number of amides is 1. The summed E-state index contributed by atoms with van der Waals surface area (Å²) >= 11 is 0. The quantitative estimate of drug-likeness (QED) is 0.870. The van der Waals surface area contributed by atoms with Crippen LogP contribution in [0.5, 0.6) is 0 Å². The van der Waals surface area contributed by atoms with Crippen LogP contribution >= 0.6 is 0 Å². The number of aryl methyl sites for hydroxylation is 2. The topological polar surface area (TPSA) is 38.1 Å². The summed E-state index contributed by atoms with van der Waals surface area (Å²) in [6.07, 6.45) is 7.55. The van der Waals surface area contributed by atoms with Crippen molar-refractivity contribution in [2.24, 2.45) is 13.0 Å². The Balaban J connectivity index is 1.55. The smallest absolute Gasteiger partial charge is 0.257 e. The van der Waals surface area contributed by atoms with Crippen molar-refractivity contribution in [1.29, 1.82) is 0 Å². The molecule has 0 aliphatic carbocycles. The normalized spacial score (nSPS) is 18.2. The molecular formula is C18H22FN3O. The van der Waals surface area contributed by atoms with Gasteiger partial charge in [-0.25, -0.2) is 4.39 Å². The largest absolute Gasteiger partial charge is 0.338 e. The van der Waals surface area contributed by atoms with Gasteiger partial charge in [0.25, 0.3) is 5.91 Å². The maximum absolute atomic E-state index is 12.9. The molecule has 122 valence electrons. The molecule has 0 spiro atoms. The minimum atomic E-state index is -0.195. The number of carbonyl (C=O) groups excluding carboxylic acids is 1. The fourth-order valence-corrected chi connectivity index (χ4v) is 3.22. The van der Waals surface area contributed by atoms with Crippen LogP contribution in [0.1, 0.15) is 35.2 Å². The lowest BCUT2D eigenvalue weighted by atomic mass is 9.91. The molecule has 0 N–H and O–H groups in total. The van der Waals surface area contributed by atoms with Gasteiger partial charge in [-0.1, -0.05) is 12.1 Å². The highest BCUT2D eigenvalue weighted by molar-refractivity contribution is 5.93. The van der Waals surface area contributed by atoms with Gasteiger partial charge in [0.05, 0.1) is 11.8 Å². The standard InChI is InChI=1S/C18H22FN3O/c1-21-13-16(11-20-21)18(23)22-10-2-3-15(12-22)5-4-14-6-8-17(19)9-7-14/h6-9,11,13,15H,2-5,10,12H2,1H3/t15-/m1/s1. The lowest BCUT2D eigenvalue weighted by molar-refractivity contribution is 0.0668. The molecule has 2 aromatic rings. The minimum Gasteiger partial charge on any atom is -0.338 e. The van der Waals surface area contributed by atoms with Gasteiger partial charge in [-0.3, -0.25) is 9.48 Å². The fraction of sp³-hybridized carbons (Fsp3) is 0.444. The number of benzene rings is 1. The third kappa shape index (κ3) is 3.97. The first-order chi connectivity index (χ1) is 11.1. The molecule has 0 bridgehead atoms. The van der Waals surface area contributed by atoms with Gasteiger partial charge < -0.3 is 4.90 Å². The van der Waals surface area contributed by atoms with Gasteiger partial charge >= 0.3 is 0 Å². The van der Waals surface area contributed by atoms with Crippen molar-refractivity contribution in [1.82, 2.24) is 14.7 Å². The van der Waals surface area contributed by atoms with Crippen LogP contribution < -0.4 is 0 Å². The Morgan fingerprint density at radius 2 is 2.13 bits per heavy atom. The molecule has 1 fully saturated rings. The van der Waals surface area contributed by atoms with E-state index in [0.29, 0.717) is 11.5 Å².